The standard InChI is InChI=1S/C18H17N3O6/c1-12(22)20-17(11-26-16-9-7-15(25-2)8-10-16)27-18(19-20)13-3-5-14(6-4-13)21(23)24/h3-10,17H,11H2,1-2H3/t17-/m0/s1. The number of non-ortho nitro benzene ring substituents is 1. The minimum absolute atomic E-state index is 0.0415. The number of hydrogen-bond donors (Lipinski definition) is 0. The maximum atomic E-state index is 11.8. The zero-order chi connectivity index (χ0) is 19.4. The summed E-state index contributed by atoms with van der Waals surface area (Å²) in [5.41, 5.74) is 0.485. The zero-order valence-electron chi connectivity index (χ0n) is 14.7. The summed E-state index contributed by atoms with van der Waals surface area (Å²) < 4.78 is 16.5. The van der Waals surface area contributed by atoms with Gasteiger partial charge in [-0.15, -0.1) is 5.10 Å². The molecule has 1 atom stereocenters. The summed E-state index contributed by atoms with van der Waals surface area (Å²) in [4.78, 5) is 22.1. The van der Waals surface area contributed by atoms with E-state index in [9.17, 15) is 14.9 Å². The molecule has 0 saturated heterocycles. The molecule has 1 aliphatic heterocycles. The molecule has 0 unspecified atom stereocenters. The van der Waals surface area contributed by atoms with Gasteiger partial charge >= 0.3 is 0 Å². The number of carbonyl (C=O) groups is 1. The lowest BCUT2D eigenvalue weighted by atomic mass is 10.2. The molecule has 1 aliphatic rings. The van der Waals surface area contributed by atoms with Crippen molar-refractivity contribution in [2.75, 3.05) is 13.7 Å². The van der Waals surface area contributed by atoms with Crippen molar-refractivity contribution in [1.82, 2.24) is 5.01 Å². The Morgan fingerprint density at radius 3 is 2.37 bits per heavy atom. The molecular formula is C18H17N3O6. The molecule has 0 aliphatic carbocycles. The average Bonchev–Trinajstić information content (AvgIpc) is 3.11. The van der Waals surface area contributed by atoms with Crippen molar-refractivity contribution in [2.45, 2.75) is 13.2 Å². The third kappa shape index (κ3) is 4.14. The lowest BCUT2D eigenvalue weighted by Crippen LogP contribution is -2.36. The van der Waals surface area contributed by atoms with Crippen LogP contribution < -0.4 is 9.47 Å². The molecule has 3 rings (SSSR count). The second kappa shape index (κ2) is 7.73. The van der Waals surface area contributed by atoms with Crippen LogP contribution in [0.3, 0.4) is 0 Å². The van der Waals surface area contributed by atoms with Crippen LogP contribution in [0.2, 0.25) is 0 Å². The highest BCUT2D eigenvalue weighted by molar-refractivity contribution is 5.96. The van der Waals surface area contributed by atoms with E-state index in [-0.39, 0.29) is 24.1 Å². The first-order valence-electron chi connectivity index (χ1n) is 8.04. The number of hydrazone groups is 1. The number of methoxy groups -OCH3 is 1. The minimum Gasteiger partial charge on any atom is -0.497 e. The number of hydrogen-bond acceptors (Lipinski definition) is 7. The van der Waals surface area contributed by atoms with Crippen LogP contribution in [0.5, 0.6) is 11.5 Å². The van der Waals surface area contributed by atoms with Gasteiger partial charge in [-0.3, -0.25) is 14.9 Å². The summed E-state index contributed by atoms with van der Waals surface area (Å²) in [6, 6.07) is 12.7. The molecule has 9 heteroatoms. The summed E-state index contributed by atoms with van der Waals surface area (Å²) in [5, 5.41) is 16.1. The first-order chi connectivity index (χ1) is 13.0. The van der Waals surface area contributed by atoms with Crippen molar-refractivity contribution in [3.63, 3.8) is 0 Å². The van der Waals surface area contributed by atoms with Crippen LogP contribution >= 0.6 is 0 Å². The smallest absolute Gasteiger partial charge is 0.269 e. The van der Waals surface area contributed by atoms with Gasteiger partial charge in [0.2, 0.25) is 18.0 Å². The fraction of sp³-hybridized carbons (Fsp3) is 0.222. The van der Waals surface area contributed by atoms with Gasteiger partial charge in [0, 0.05) is 24.6 Å². The SMILES string of the molecule is COc1ccc(OC[C@@H]2OC(c3ccc([N+](=O)[O-])cc3)=NN2C(C)=O)cc1. The lowest BCUT2D eigenvalue weighted by molar-refractivity contribution is -0.384. The predicted octanol–water partition coefficient (Wildman–Crippen LogP) is 2.55. The van der Waals surface area contributed by atoms with Crippen LogP contribution in [0.25, 0.3) is 0 Å². The molecular weight excluding hydrogens is 354 g/mol. The minimum atomic E-state index is -0.741. The summed E-state index contributed by atoms with van der Waals surface area (Å²) in [7, 11) is 1.57. The molecule has 9 nitrogen and oxygen atoms in total. The monoisotopic (exact) mass is 371 g/mol. The summed E-state index contributed by atoms with van der Waals surface area (Å²) in [5.74, 6) is 1.18. The van der Waals surface area contributed by atoms with Gasteiger partial charge in [0.1, 0.15) is 18.1 Å². The normalized spacial score (nSPS) is 15.7. The Hall–Kier alpha value is -3.62. The average molecular weight is 371 g/mol. The molecule has 2 aromatic rings. The van der Waals surface area contributed by atoms with Gasteiger partial charge < -0.3 is 14.2 Å². The van der Waals surface area contributed by atoms with Crippen LogP contribution in [0, 0.1) is 10.1 Å². The van der Waals surface area contributed by atoms with Crippen LogP contribution in [0.1, 0.15) is 12.5 Å². The van der Waals surface area contributed by atoms with E-state index in [2.05, 4.69) is 5.10 Å². The first-order valence-corrected chi connectivity index (χ1v) is 8.04. The first kappa shape index (κ1) is 18.2. The van der Waals surface area contributed by atoms with Crippen molar-refractivity contribution >= 4 is 17.5 Å². The van der Waals surface area contributed by atoms with Gasteiger partial charge in [0.15, 0.2) is 0 Å². The van der Waals surface area contributed by atoms with Gasteiger partial charge in [-0.05, 0) is 36.4 Å². The maximum Gasteiger partial charge on any atom is 0.269 e. The Morgan fingerprint density at radius 2 is 1.81 bits per heavy atom. The van der Waals surface area contributed by atoms with Gasteiger partial charge in [-0.2, -0.15) is 5.01 Å². The van der Waals surface area contributed by atoms with Gasteiger partial charge in [0.25, 0.3) is 5.69 Å². The van der Waals surface area contributed by atoms with E-state index in [4.69, 9.17) is 14.2 Å². The molecule has 0 N–H and O–H groups in total. The van der Waals surface area contributed by atoms with Gasteiger partial charge in [0.05, 0.1) is 12.0 Å². The van der Waals surface area contributed by atoms with E-state index in [1.165, 1.54) is 36.2 Å². The molecule has 140 valence electrons. The highest BCUT2D eigenvalue weighted by Gasteiger charge is 2.32. The number of nitrogens with zero attached hydrogens (tertiary/aromatic N) is 3. The number of benzene rings is 2. The van der Waals surface area contributed by atoms with E-state index in [0.29, 0.717) is 17.1 Å². The quantitative estimate of drug-likeness (QED) is 0.571. The second-order valence-corrected chi connectivity index (χ2v) is 5.63. The van der Waals surface area contributed by atoms with Crippen molar-refractivity contribution in [1.29, 1.82) is 0 Å². The molecule has 27 heavy (non-hydrogen) atoms. The van der Waals surface area contributed by atoms with E-state index in [0.717, 1.165) is 0 Å². The van der Waals surface area contributed by atoms with Crippen LogP contribution in [-0.2, 0) is 9.53 Å². The molecule has 1 amide bonds. The summed E-state index contributed by atoms with van der Waals surface area (Å²) >= 11 is 0. The van der Waals surface area contributed by atoms with Crippen molar-refractivity contribution < 1.29 is 23.9 Å². The summed E-state index contributed by atoms with van der Waals surface area (Å²) in [6.07, 6.45) is -0.741. The molecule has 0 radical (unpaired) electrons. The number of amides is 1. The highest BCUT2D eigenvalue weighted by atomic mass is 16.6. The Morgan fingerprint density at radius 1 is 1.19 bits per heavy atom. The Balaban J connectivity index is 1.69. The maximum absolute atomic E-state index is 11.8. The van der Waals surface area contributed by atoms with E-state index >= 15 is 0 Å². The lowest BCUT2D eigenvalue weighted by Gasteiger charge is -2.19. The van der Waals surface area contributed by atoms with Crippen LogP contribution in [0.4, 0.5) is 5.69 Å². The molecule has 0 spiro atoms. The van der Waals surface area contributed by atoms with Gasteiger partial charge in [-0.1, -0.05) is 0 Å². The molecule has 1 heterocycles. The van der Waals surface area contributed by atoms with Gasteiger partial charge in [-0.25, -0.2) is 0 Å². The fourth-order valence-electron chi connectivity index (χ4n) is 2.43. The van der Waals surface area contributed by atoms with Crippen LogP contribution in [0.15, 0.2) is 53.6 Å². The Kier molecular flexibility index (Phi) is 5.20. The number of nitro benzene ring substituents is 1. The number of nitro groups is 1. The van der Waals surface area contributed by atoms with E-state index < -0.39 is 11.2 Å². The molecule has 0 aromatic heterocycles. The van der Waals surface area contributed by atoms with E-state index in [1.807, 2.05) is 0 Å². The molecule has 0 bridgehead atoms. The van der Waals surface area contributed by atoms with Crippen molar-refractivity contribution in [2.24, 2.45) is 5.10 Å². The Bertz CT molecular complexity index is 864. The second-order valence-electron chi connectivity index (χ2n) is 5.63. The zero-order valence-corrected chi connectivity index (χ0v) is 14.7. The highest BCUT2D eigenvalue weighted by Crippen LogP contribution is 2.22. The molecule has 0 saturated carbocycles. The molecule has 0 fully saturated rings. The largest absolute Gasteiger partial charge is 0.497 e. The molecule has 2 aromatic carbocycles. The predicted molar refractivity (Wildman–Crippen MR) is 95.5 cm³/mol. The summed E-state index contributed by atoms with van der Waals surface area (Å²) in [6.45, 7) is 1.43. The topological polar surface area (TPSA) is 104 Å². The third-order valence-corrected chi connectivity index (χ3v) is 3.82. The number of ether oxygens (including phenoxy) is 3. The van der Waals surface area contributed by atoms with Crippen molar-refractivity contribution in [3.8, 4) is 11.5 Å². The third-order valence-electron chi connectivity index (χ3n) is 3.82. The number of rotatable bonds is 6. The fourth-order valence-corrected chi connectivity index (χ4v) is 2.43. The van der Waals surface area contributed by atoms with Crippen LogP contribution in [-0.4, -0.2) is 41.7 Å². The van der Waals surface area contributed by atoms with E-state index in [1.54, 1.807) is 31.4 Å². The number of carbonyl (C=O) groups excluding carboxylic acids is 1. The van der Waals surface area contributed by atoms with Crippen molar-refractivity contribution in [3.05, 3.63) is 64.2 Å². The Labute approximate surface area is 154 Å².